The predicted molar refractivity (Wildman–Crippen MR) is 71.0 cm³/mol. The third kappa shape index (κ3) is 5.06. The van der Waals surface area contributed by atoms with E-state index in [2.05, 4.69) is 0 Å². The predicted octanol–water partition coefficient (Wildman–Crippen LogP) is 2.20. The molecule has 0 bridgehead atoms. The number of carbonyl (C=O) groups is 1. The summed E-state index contributed by atoms with van der Waals surface area (Å²) in [7, 11) is 0. The molecule has 0 aliphatic rings. The second-order valence-electron chi connectivity index (χ2n) is 4.27. The van der Waals surface area contributed by atoms with Crippen molar-refractivity contribution in [1.82, 2.24) is 0 Å². The van der Waals surface area contributed by atoms with Gasteiger partial charge in [-0.05, 0) is 26.0 Å². The van der Waals surface area contributed by atoms with Crippen molar-refractivity contribution in [3.8, 4) is 5.75 Å². The molecule has 106 valence electrons. The molecule has 1 rings (SSSR count). The average Bonchev–Trinajstić information content (AvgIpc) is 2.34. The normalized spacial score (nSPS) is 12.5. The van der Waals surface area contributed by atoms with Crippen molar-refractivity contribution in [1.29, 1.82) is 0 Å². The van der Waals surface area contributed by atoms with Crippen molar-refractivity contribution in [3.05, 3.63) is 28.8 Å². The van der Waals surface area contributed by atoms with Gasteiger partial charge in [0.25, 0.3) is 0 Å². The number of aromatic carboxylic acids is 1. The number of carboxylic acids is 1. The van der Waals surface area contributed by atoms with E-state index in [1.54, 1.807) is 0 Å². The van der Waals surface area contributed by atoms with Gasteiger partial charge in [-0.25, -0.2) is 4.79 Å². The Bertz CT molecular complexity index is 433. The van der Waals surface area contributed by atoms with Gasteiger partial charge in [0.2, 0.25) is 0 Å². The maximum Gasteiger partial charge on any atom is 0.339 e. The summed E-state index contributed by atoms with van der Waals surface area (Å²) in [4.78, 5) is 11.0. The fourth-order valence-corrected chi connectivity index (χ4v) is 1.58. The van der Waals surface area contributed by atoms with Crippen LogP contribution in [0, 0.1) is 0 Å². The highest BCUT2D eigenvalue weighted by Crippen LogP contribution is 2.28. The number of aliphatic hydroxyl groups is 1. The Kier molecular flexibility index (Phi) is 6.08. The molecule has 0 saturated heterocycles. The maximum atomic E-state index is 11.0. The summed E-state index contributed by atoms with van der Waals surface area (Å²) in [5.41, 5.74) is -0.0375. The Morgan fingerprint density at radius 2 is 2.05 bits per heavy atom. The van der Waals surface area contributed by atoms with Crippen LogP contribution < -0.4 is 4.74 Å². The molecule has 19 heavy (non-hydrogen) atoms. The highest BCUT2D eigenvalue weighted by atomic mass is 35.5. The lowest BCUT2D eigenvalue weighted by molar-refractivity contribution is -0.0124. The monoisotopic (exact) mass is 288 g/mol. The van der Waals surface area contributed by atoms with Gasteiger partial charge in [-0.2, -0.15) is 0 Å². The highest BCUT2D eigenvalue weighted by molar-refractivity contribution is 6.32. The van der Waals surface area contributed by atoms with Crippen LogP contribution in [-0.2, 0) is 4.74 Å². The number of para-hydroxylation sites is 1. The largest absolute Gasteiger partial charge is 0.488 e. The molecule has 0 amide bonds. The number of halogens is 1. The molecule has 0 heterocycles. The smallest absolute Gasteiger partial charge is 0.339 e. The molecule has 0 saturated carbocycles. The molecule has 5 nitrogen and oxygen atoms in total. The van der Waals surface area contributed by atoms with Crippen LogP contribution >= 0.6 is 11.6 Å². The SMILES string of the molecule is CC(C)OCC(O)COc1c(Cl)cccc1C(=O)O. The first kappa shape index (κ1) is 15.8. The Morgan fingerprint density at radius 1 is 1.37 bits per heavy atom. The lowest BCUT2D eigenvalue weighted by Crippen LogP contribution is -2.25. The molecule has 0 aromatic heterocycles. The second-order valence-corrected chi connectivity index (χ2v) is 4.68. The van der Waals surface area contributed by atoms with Gasteiger partial charge in [-0.3, -0.25) is 0 Å². The van der Waals surface area contributed by atoms with Crippen molar-refractivity contribution in [2.45, 2.75) is 26.1 Å². The first-order valence-corrected chi connectivity index (χ1v) is 6.24. The average molecular weight is 289 g/mol. The van der Waals surface area contributed by atoms with E-state index in [1.807, 2.05) is 13.8 Å². The van der Waals surface area contributed by atoms with Crippen LogP contribution in [0.15, 0.2) is 18.2 Å². The van der Waals surface area contributed by atoms with E-state index in [-0.39, 0.29) is 35.7 Å². The van der Waals surface area contributed by atoms with E-state index in [0.29, 0.717) is 0 Å². The van der Waals surface area contributed by atoms with Crippen LogP contribution in [0.5, 0.6) is 5.75 Å². The molecule has 6 heteroatoms. The molecule has 1 unspecified atom stereocenters. The number of aliphatic hydroxyl groups excluding tert-OH is 1. The summed E-state index contributed by atoms with van der Waals surface area (Å²) < 4.78 is 10.5. The highest BCUT2D eigenvalue weighted by Gasteiger charge is 2.16. The van der Waals surface area contributed by atoms with Gasteiger partial charge in [-0.1, -0.05) is 17.7 Å². The summed E-state index contributed by atoms with van der Waals surface area (Å²) in [5.74, 6) is -1.08. The van der Waals surface area contributed by atoms with Gasteiger partial charge in [0.1, 0.15) is 18.3 Å². The van der Waals surface area contributed by atoms with Crippen LogP contribution in [-0.4, -0.2) is 41.6 Å². The lowest BCUT2D eigenvalue weighted by atomic mass is 10.2. The van der Waals surface area contributed by atoms with E-state index < -0.39 is 12.1 Å². The molecule has 0 aliphatic carbocycles. The lowest BCUT2D eigenvalue weighted by Gasteiger charge is -2.16. The second kappa shape index (κ2) is 7.33. The Morgan fingerprint density at radius 3 is 2.63 bits per heavy atom. The van der Waals surface area contributed by atoms with E-state index >= 15 is 0 Å². The van der Waals surface area contributed by atoms with Crippen molar-refractivity contribution >= 4 is 17.6 Å². The number of hydrogen-bond acceptors (Lipinski definition) is 4. The number of benzene rings is 1. The van der Waals surface area contributed by atoms with Crippen molar-refractivity contribution < 1.29 is 24.5 Å². The zero-order valence-corrected chi connectivity index (χ0v) is 11.6. The standard InChI is InChI=1S/C13H17ClO5/c1-8(2)18-6-9(15)7-19-12-10(13(16)17)4-3-5-11(12)14/h3-5,8-9,15H,6-7H2,1-2H3,(H,16,17). The summed E-state index contributed by atoms with van der Waals surface area (Å²) in [6.07, 6.45) is -0.843. The summed E-state index contributed by atoms with van der Waals surface area (Å²) in [6.45, 7) is 3.73. The molecule has 0 radical (unpaired) electrons. The van der Waals surface area contributed by atoms with Gasteiger partial charge in [-0.15, -0.1) is 0 Å². The zero-order chi connectivity index (χ0) is 14.4. The molecule has 0 spiro atoms. The minimum atomic E-state index is -1.13. The number of hydrogen-bond donors (Lipinski definition) is 2. The minimum Gasteiger partial charge on any atom is -0.488 e. The quantitative estimate of drug-likeness (QED) is 0.804. The molecule has 0 fully saturated rings. The minimum absolute atomic E-state index is 0.00421. The Labute approximate surface area is 116 Å². The summed E-state index contributed by atoms with van der Waals surface area (Å²) >= 11 is 5.88. The van der Waals surface area contributed by atoms with Gasteiger partial charge in [0.15, 0.2) is 5.75 Å². The van der Waals surface area contributed by atoms with Crippen LogP contribution in [0.3, 0.4) is 0 Å². The third-order valence-electron chi connectivity index (χ3n) is 2.24. The molecule has 1 aromatic rings. The number of rotatable bonds is 7. The fraction of sp³-hybridized carbons (Fsp3) is 0.462. The van der Waals surface area contributed by atoms with Gasteiger partial charge in [0.05, 0.1) is 17.7 Å². The van der Waals surface area contributed by atoms with Crippen LogP contribution in [0.1, 0.15) is 24.2 Å². The number of ether oxygens (including phenoxy) is 2. The summed E-state index contributed by atoms with van der Waals surface area (Å²) in [6, 6.07) is 4.44. The molecular weight excluding hydrogens is 272 g/mol. The van der Waals surface area contributed by atoms with Crippen LogP contribution in [0.25, 0.3) is 0 Å². The Balaban J connectivity index is 2.64. The van der Waals surface area contributed by atoms with Gasteiger partial charge < -0.3 is 19.7 Å². The summed E-state index contributed by atoms with van der Waals surface area (Å²) in [5, 5.41) is 18.8. The number of carboxylic acid groups (broad SMARTS) is 1. The molecule has 1 aromatic carbocycles. The van der Waals surface area contributed by atoms with E-state index in [1.165, 1.54) is 18.2 Å². The van der Waals surface area contributed by atoms with Crippen molar-refractivity contribution in [2.75, 3.05) is 13.2 Å². The van der Waals surface area contributed by atoms with Gasteiger partial charge in [0, 0.05) is 0 Å². The van der Waals surface area contributed by atoms with E-state index in [0.717, 1.165) is 0 Å². The molecule has 1 atom stereocenters. The third-order valence-corrected chi connectivity index (χ3v) is 2.54. The molecule has 2 N–H and O–H groups in total. The molecule has 0 aliphatic heterocycles. The zero-order valence-electron chi connectivity index (χ0n) is 10.8. The first-order chi connectivity index (χ1) is 8.91. The maximum absolute atomic E-state index is 11.0. The van der Waals surface area contributed by atoms with Gasteiger partial charge >= 0.3 is 5.97 Å². The van der Waals surface area contributed by atoms with Crippen LogP contribution in [0.2, 0.25) is 5.02 Å². The fourth-order valence-electron chi connectivity index (χ4n) is 1.36. The molecular formula is C13H17ClO5. The van der Waals surface area contributed by atoms with Crippen LogP contribution in [0.4, 0.5) is 0 Å². The topological polar surface area (TPSA) is 76.0 Å². The first-order valence-electron chi connectivity index (χ1n) is 5.86. The van der Waals surface area contributed by atoms with Crippen molar-refractivity contribution in [3.63, 3.8) is 0 Å². The Hall–Kier alpha value is -1.30. The van der Waals surface area contributed by atoms with E-state index in [9.17, 15) is 9.90 Å². The van der Waals surface area contributed by atoms with E-state index in [4.69, 9.17) is 26.2 Å². The van der Waals surface area contributed by atoms with Crippen molar-refractivity contribution in [2.24, 2.45) is 0 Å².